The van der Waals surface area contributed by atoms with Gasteiger partial charge in [0.2, 0.25) is 17.6 Å². The fraction of sp³-hybridized carbons (Fsp3) is 0.308. The van der Waals surface area contributed by atoms with Crippen LogP contribution in [0.2, 0.25) is 10.0 Å². The summed E-state index contributed by atoms with van der Waals surface area (Å²) in [7, 11) is 1.65. The van der Waals surface area contributed by atoms with Crippen molar-refractivity contribution in [1.29, 1.82) is 0 Å². The highest BCUT2D eigenvalue weighted by molar-refractivity contribution is 6.35. The van der Waals surface area contributed by atoms with Gasteiger partial charge in [0.25, 0.3) is 0 Å². The van der Waals surface area contributed by atoms with E-state index in [-0.39, 0.29) is 19.1 Å². The van der Waals surface area contributed by atoms with Gasteiger partial charge in [0, 0.05) is 19.0 Å². The molecule has 0 bridgehead atoms. The van der Waals surface area contributed by atoms with Crippen molar-refractivity contribution in [2.45, 2.75) is 20.1 Å². The van der Waals surface area contributed by atoms with Gasteiger partial charge in [-0.25, -0.2) is 0 Å². The van der Waals surface area contributed by atoms with Crippen molar-refractivity contribution in [1.82, 2.24) is 15.0 Å². The maximum absolute atomic E-state index is 11.1. The fourth-order valence-corrected chi connectivity index (χ4v) is 1.92. The Morgan fingerprint density at radius 3 is 2.86 bits per heavy atom. The first-order valence-electron chi connectivity index (χ1n) is 6.06. The monoisotopic (exact) mass is 329 g/mol. The Morgan fingerprint density at radius 1 is 1.43 bits per heavy atom. The number of nitrogens with zero attached hydrogens (tertiary/aromatic N) is 3. The molecule has 0 aliphatic rings. The highest BCUT2D eigenvalue weighted by Crippen LogP contribution is 2.27. The minimum atomic E-state index is -0.0843. The minimum Gasteiger partial charge on any atom is -0.484 e. The Kier molecular flexibility index (Phi) is 5.03. The number of benzene rings is 1. The van der Waals surface area contributed by atoms with Gasteiger partial charge in [0.15, 0.2) is 6.61 Å². The molecule has 1 aromatic heterocycles. The fourth-order valence-electron chi connectivity index (χ4n) is 1.46. The smallest absolute Gasteiger partial charge is 0.246 e. The average Bonchev–Trinajstić information content (AvgIpc) is 2.85. The lowest BCUT2D eigenvalue weighted by Crippen LogP contribution is -2.23. The zero-order valence-corrected chi connectivity index (χ0v) is 13.0. The van der Waals surface area contributed by atoms with E-state index in [1.807, 2.05) is 0 Å². The molecule has 1 amide bonds. The number of amides is 1. The van der Waals surface area contributed by atoms with Crippen LogP contribution in [0.15, 0.2) is 22.7 Å². The molecular formula is C13H13Cl2N3O3. The molecule has 6 nitrogen and oxygen atoms in total. The summed E-state index contributed by atoms with van der Waals surface area (Å²) in [6.45, 7) is 1.82. The summed E-state index contributed by atoms with van der Waals surface area (Å²) in [6.07, 6.45) is 0. The van der Waals surface area contributed by atoms with Gasteiger partial charge in [0.1, 0.15) is 5.75 Å². The van der Waals surface area contributed by atoms with Crippen LogP contribution in [0.1, 0.15) is 18.6 Å². The normalized spacial score (nSPS) is 10.5. The topological polar surface area (TPSA) is 68.5 Å². The SMILES string of the molecule is CC(=O)N(C)Cc1nc(COc2ccc(Cl)cc2Cl)no1. The van der Waals surface area contributed by atoms with Gasteiger partial charge in [-0.3, -0.25) is 4.79 Å². The quantitative estimate of drug-likeness (QED) is 0.843. The van der Waals surface area contributed by atoms with Crippen molar-refractivity contribution in [2.75, 3.05) is 7.05 Å². The Labute approximate surface area is 131 Å². The van der Waals surface area contributed by atoms with Gasteiger partial charge in [-0.15, -0.1) is 0 Å². The molecule has 0 unspecified atom stereocenters. The molecule has 2 rings (SSSR count). The van der Waals surface area contributed by atoms with Crippen LogP contribution >= 0.6 is 23.2 Å². The van der Waals surface area contributed by atoms with Crippen molar-refractivity contribution in [3.63, 3.8) is 0 Å². The predicted molar refractivity (Wildman–Crippen MR) is 77.2 cm³/mol. The van der Waals surface area contributed by atoms with Crippen molar-refractivity contribution >= 4 is 29.1 Å². The van der Waals surface area contributed by atoms with E-state index in [1.165, 1.54) is 11.8 Å². The number of rotatable bonds is 5. The second-order valence-electron chi connectivity index (χ2n) is 4.34. The van der Waals surface area contributed by atoms with E-state index in [2.05, 4.69) is 10.1 Å². The van der Waals surface area contributed by atoms with Crippen LogP contribution in [-0.2, 0) is 17.9 Å². The molecule has 0 fully saturated rings. The Balaban J connectivity index is 1.95. The summed E-state index contributed by atoms with van der Waals surface area (Å²) in [5.74, 6) is 1.11. The second kappa shape index (κ2) is 6.78. The Morgan fingerprint density at radius 2 is 2.19 bits per heavy atom. The molecule has 0 spiro atoms. The number of carbonyl (C=O) groups excluding carboxylic acids is 1. The Bertz CT molecular complexity index is 645. The number of hydrogen-bond acceptors (Lipinski definition) is 5. The standard InChI is InChI=1S/C13H13Cl2N3O3/c1-8(19)18(2)6-13-16-12(17-21-13)7-20-11-4-3-9(14)5-10(11)15/h3-5H,6-7H2,1-2H3. The summed E-state index contributed by atoms with van der Waals surface area (Å²) in [5, 5.41) is 4.71. The highest BCUT2D eigenvalue weighted by Gasteiger charge is 2.12. The lowest BCUT2D eigenvalue weighted by molar-refractivity contribution is -0.128. The van der Waals surface area contributed by atoms with E-state index in [9.17, 15) is 4.79 Å². The zero-order valence-electron chi connectivity index (χ0n) is 11.5. The molecule has 1 aromatic carbocycles. The molecule has 1 heterocycles. The average molecular weight is 330 g/mol. The highest BCUT2D eigenvalue weighted by atomic mass is 35.5. The van der Waals surface area contributed by atoms with E-state index < -0.39 is 0 Å². The molecule has 8 heteroatoms. The van der Waals surface area contributed by atoms with E-state index in [0.717, 1.165) is 0 Å². The number of carbonyl (C=O) groups is 1. The number of halogens is 2. The molecular weight excluding hydrogens is 317 g/mol. The van der Waals surface area contributed by atoms with Crippen LogP contribution in [0, 0.1) is 0 Å². The Hall–Kier alpha value is -1.79. The molecule has 2 aromatic rings. The molecule has 0 aliphatic heterocycles. The third kappa shape index (κ3) is 4.34. The molecule has 0 saturated heterocycles. The van der Waals surface area contributed by atoms with Crippen LogP contribution in [-0.4, -0.2) is 28.0 Å². The first kappa shape index (κ1) is 15.6. The largest absolute Gasteiger partial charge is 0.484 e. The van der Waals surface area contributed by atoms with Gasteiger partial charge < -0.3 is 14.2 Å². The third-order valence-electron chi connectivity index (χ3n) is 2.67. The molecule has 0 N–H and O–H groups in total. The minimum absolute atomic E-state index is 0.0843. The molecule has 0 aliphatic carbocycles. The lowest BCUT2D eigenvalue weighted by atomic mass is 10.3. The van der Waals surface area contributed by atoms with E-state index in [1.54, 1.807) is 25.2 Å². The molecule has 0 saturated carbocycles. The van der Waals surface area contributed by atoms with Gasteiger partial charge >= 0.3 is 0 Å². The van der Waals surface area contributed by atoms with Crippen LogP contribution < -0.4 is 4.74 Å². The molecule has 112 valence electrons. The predicted octanol–water partition coefficient (Wildman–Crippen LogP) is 2.93. The number of ether oxygens (including phenoxy) is 1. The van der Waals surface area contributed by atoms with Crippen molar-refractivity contribution in [2.24, 2.45) is 0 Å². The first-order valence-corrected chi connectivity index (χ1v) is 6.82. The van der Waals surface area contributed by atoms with Crippen LogP contribution in [0.3, 0.4) is 0 Å². The van der Waals surface area contributed by atoms with Gasteiger partial charge in [-0.2, -0.15) is 4.98 Å². The van der Waals surface area contributed by atoms with Crippen molar-refractivity contribution in [3.8, 4) is 5.75 Å². The summed E-state index contributed by atoms with van der Waals surface area (Å²) in [5.41, 5.74) is 0. The summed E-state index contributed by atoms with van der Waals surface area (Å²) >= 11 is 11.8. The maximum atomic E-state index is 11.1. The summed E-state index contributed by atoms with van der Waals surface area (Å²) in [6, 6.07) is 4.92. The zero-order chi connectivity index (χ0) is 15.4. The van der Waals surface area contributed by atoms with E-state index in [4.69, 9.17) is 32.5 Å². The van der Waals surface area contributed by atoms with E-state index >= 15 is 0 Å². The van der Waals surface area contributed by atoms with Gasteiger partial charge in [-0.1, -0.05) is 28.4 Å². The van der Waals surface area contributed by atoms with Crippen LogP contribution in [0.5, 0.6) is 5.75 Å². The van der Waals surface area contributed by atoms with Gasteiger partial charge in [-0.05, 0) is 18.2 Å². The van der Waals surface area contributed by atoms with Crippen molar-refractivity contribution in [3.05, 3.63) is 40.0 Å². The number of hydrogen-bond donors (Lipinski definition) is 0. The maximum Gasteiger partial charge on any atom is 0.246 e. The molecule has 0 atom stereocenters. The van der Waals surface area contributed by atoms with Crippen molar-refractivity contribution < 1.29 is 14.1 Å². The van der Waals surface area contributed by atoms with Crippen LogP contribution in [0.4, 0.5) is 0 Å². The van der Waals surface area contributed by atoms with E-state index in [0.29, 0.717) is 27.5 Å². The second-order valence-corrected chi connectivity index (χ2v) is 5.19. The lowest BCUT2D eigenvalue weighted by Gasteiger charge is -2.10. The first-order chi connectivity index (χ1) is 9.95. The third-order valence-corrected chi connectivity index (χ3v) is 3.20. The summed E-state index contributed by atoms with van der Waals surface area (Å²) in [4.78, 5) is 16.7. The van der Waals surface area contributed by atoms with Crippen LogP contribution in [0.25, 0.3) is 0 Å². The molecule has 21 heavy (non-hydrogen) atoms. The summed E-state index contributed by atoms with van der Waals surface area (Å²) < 4.78 is 10.5. The number of aromatic nitrogens is 2. The van der Waals surface area contributed by atoms with Gasteiger partial charge in [0.05, 0.1) is 11.6 Å². The molecule has 0 radical (unpaired) electrons.